The van der Waals surface area contributed by atoms with Gasteiger partial charge in [0.1, 0.15) is 0 Å². The van der Waals surface area contributed by atoms with Gasteiger partial charge in [-0.2, -0.15) is 0 Å². The summed E-state index contributed by atoms with van der Waals surface area (Å²) in [7, 11) is 0. The maximum absolute atomic E-state index is 5.53. The summed E-state index contributed by atoms with van der Waals surface area (Å²) in [4.78, 5) is 2.36. The van der Waals surface area contributed by atoms with Crippen LogP contribution in [-0.4, -0.2) is 44.3 Å². The summed E-state index contributed by atoms with van der Waals surface area (Å²) in [6.07, 6.45) is 0. The van der Waals surface area contributed by atoms with E-state index in [1.165, 1.54) is 0 Å². The van der Waals surface area contributed by atoms with Crippen molar-refractivity contribution in [2.24, 2.45) is 11.7 Å². The molecule has 0 bridgehead atoms. The minimum absolute atomic E-state index is 0.702. The van der Waals surface area contributed by atoms with Crippen molar-refractivity contribution in [3.05, 3.63) is 0 Å². The molecule has 0 heterocycles. The normalized spacial score (nSPS) is 11.5. The fourth-order valence-electron chi connectivity index (χ4n) is 1.33. The summed E-state index contributed by atoms with van der Waals surface area (Å²) in [6, 6.07) is 0. The first kappa shape index (κ1) is 12.9. The summed E-state index contributed by atoms with van der Waals surface area (Å²) >= 11 is 0. The zero-order chi connectivity index (χ0) is 10.1. The molecule has 0 aliphatic rings. The third kappa shape index (κ3) is 8.22. The van der Waals surface area contributed by atoms with Gasteiger partial charge in [0.05, 0.1) is 6.61 Å². The molecule has 0 amide bonds. The number of ether oxygens (including phenoxy) is 1. The SMILES string of the molecule is CCOCCN(CCN)CC(C)C. The molecule has 0 aliphatic carbocycles. The van der Waals surface area contributed by atoms with Crippen LogP contribution in [0.4, 0.5) is 0 Å². The summed E-state index contributed by atoms with van der Waals surface area (Å²) < 4.78 is 5.31. The molecule has 0 radical (unpaired) electrons. The first-order valence-electron chi connectivity index (χ1n) is 5.20. The van der Waals surface area contributed by atoms with Gasteiger partial charge < -0.3 is 10.5 Å². The molecule has 0 atom stereocenters. The molecular weight excluding hydrogens is 164 g/mol. The Labute approximate surface area is 82.2 Å². The standard InChI is InChI=1S/C10H24N2O/c1-4-13-8-7-12(6-5-11)9-10(2)3/h10H,4-9,11H2,1-3H3. The molecule has 0 fully saturated rings. The third-order valence-electron chi connectivity index (χ3n) is 1.82. The van der Waals surface area contributed by atoms with E-state index >= 15 is 0 Å². The van der Waals surface area contributed by atoms with Crippen LogP contribution >= 0.6 is 0 Å². The molecule has 0 aromatic carbocycles. The highest BCUT2D eigenvalue weighted by molar-refractivity contribution is 4.60. The molecule has 3 nitrogen and oxygen atoms in total. The van der Waals surface area contributed by atoms with Gasteiger partial charge in [0.25, 0.3) is 0 Å². The van der Waals surface area contributed by atoms with Crippen molar-refractivity contribution in [3.63, 3.8) is 0 Å². The summed E-state index contributed by atoms with van der Waals surface area (Å²) in [5.41, 5.74) is 5.53. The number of nitrogens with two attached hydrogens (primary N) is 1. The van der Waals surface area contributed by atoms with Gasteiger partial charge in [-0.1, -0.05) is 13.8 Å². The largest absolute Gasteiger partial charge is 0.380 e. The number of nitrogens with zero attached hydrogens (tertiary/aromatic N) is 1. The average Bonchev–Trinajstić information content (AvgIpc) is 2.04. The minimum Gasteiger partial charge on any atom is -0.380 e. The smallest absolute Gasteiger partial charge is 0.0593 e. The predicted octanol–water partition coefficient (Wildman–Crippen LogP) is 0.940. The van der Waals surface area contributed by atoms with E-state index in [1.54, 1.807) is 0 Å². The highest BCUT2D eigenvalue weighted by atomic mass is 16.5. The monoisotopic (exact) mass is 188 g/mol. The lowest BCUT2D eigenvalue weighted by Gasteiger charge is -2.23. The Morgan fingerprint density at radius 2 is 2.00 bits per heavy atom. The maximum Gasteiger partial charge on any atom is 0.0593 e. The Hall–Kier alpha value is -0.120. The Morgan fingerprint density at radius 3 is 2.46 bits per heavy atom. The molecule has 0 aromatic rings. The van der Waals surface area contributed by atoms with Gasteiger partial charge >= 0.3 is 0 Å². The van der Waals surface area contributed by atoms with Gasteiger partial charge in [0.15, 0.2) is 0 Å². The van der Waals surface area contributed by atoms with Crippen molar-refractivity contribution in [2.45, 2.75) is 20.8 Å². The molecule has 0 saturated carbocycles. The van der Waals surface area contributed by atoms with Crippen LogP contribution in [0.15, 0.2) is 0 Å². The molecule has 0 unspecified atom stereocenters. The zero-order valence-corrected chi connectivity index (χ0v) is 9.25. The molecule has 0 saturated heterocycles. The van der Waals surface area contributed by atoms with E-state index in [2.05, 4.69) is 18.7 Å². The van der Waals surface area contributed by atoms with Gasteiger partial charge in [-0.15, -0.1) is 0 Å². The molecule has 0 aliphatic heterocycles. The second-order valence-electron chi connectivity index (χ2n) is 3.68. The van der Waals surface area contributed by atoms with Crippen molar-refractivity contribution in [3.8, 4) is 0 Å². The predicted molar refractivity (Wildman–Crippen MR) is 56.8 cm³/mol. The van der Waals surface area contributed by atoms with Crippen LogP contribution in [-0.2, 0) is 4.74 Å². The average molecular weight is 188 g/mol. The van der Waals surface area contributed by atoms with Crippen molar-refractivity contribution in [1.29, 1.82) is 0 Å². The lowest BCUT2D eigenvalue weighted by molar-refractivity contribution is 0.110. The van der Waals surface area contributed by atoms with E-state index in [4.69, 9.17) is 10.5 Å². The Balaban J connectivity index is 3.53. The van der Waals surface area contributed by atoms with Crippen molar-refractivity contribution >= 4 is 0 Å². The summed E-state index contributed by atoms with van der Waals surface area (Å²) in [5, 5.41) is 0. The maximum atomic E-state index is 5.53. The highest BCUT2D eigenvalue weighted by Gasteiger charge is 2.05. The third-order valence-corrected chi connectivity index (χ3v) is 1.82. The van der Waals surface area contributed by atoms with Gasteiger partial charge in [0.2, 0.25) is 0 Å². The molecular formula is C10H24N2O. The minimum atomic E-state index is 0.702. The lowest BCUT2D eigenvalue weighted by atomic mass is 10.2. The first-order valence-corrected chi connectivity index (χ1v) is 5.20. The van der Waals surface area contributed by atoms with Crippen molar-refractivity contribution < 1.29 is 4.74 Å². The number of hydrogen-bond acceptors (Lipinski definition) is 3. The molecule has 13 heavy (non-hydrogen) atoms. The van der Waals surface area contributed by atoms with Crippen LogP contribution < -0.4 is 5.73 Å². The molecule has 0 aromatic heterocycles. The topological polar surface area (TPSA) is 38.5 Å². The molecule has 0 spiro atoms. The Bertz CT molecular complexity index is 107. The van der Waals surface area contributed by atoms with Crippen LogP contribution in [0.25, 0.3) is 0 Å². The van der Waals surface area contributed by atoms with Crippen molar-refractivity contribution in [1.82, 2.24) is 4.90 Å². The molecule has 80 valence electrons. The van der Waals surface area contributed by atoms with Crippen LogP contribution in [0.2, 0.25) is 0 Å². The van der Waals surface area contributed by atoms with Crippen molar-refractivity contribution in [2.75, 3.05) is 39.4 Å². The van der Waals surface area contributed by atoms with E-state index < -0.39 is 0 Å². The van der Waals surface area contributed by atoms with Crippen LogP contribution in [0.3, 0.4) is 0 Å². The fourth-order valence-corrected chi connectivity index (χ4v) is 1.33. The quantitative estimate of drug-likeness (QED) is 0.576. The van der Waals surface area contributed by atoms with E-state index in [9.17, 15) is 0 Å². The fraction of sp³-hybridized carbons (Fsp3) is 1.00. The van der Waals surface area contributed by atoms with E-state index in [1.807, 2.05) is 6.92 Å². The zero-order valence-electron chi connectivity index (χ0n) is 9.25. The van der Waals surface area contributed by atoms with Gasteiger partial charge in [-0.05, 0) is 12.8 Å². The second-order valence-corrected chi connectivity index (χ2v) is 3.68. The Morgan fingerprint density at radius 1 is 1.31 bits per heavy atom. The summed E-state index contributed by atoms with van der Waals surface area (Å²) in [5.74, 6) is 0.702. The van der Waals surface area contributed by atoms with E-state index in [-0.39, 0.29) is 0 Å². The summed E-state index contributed by atoms with van der Waals surface area (Å²) in [6.45, 7) is 11.9. The first-order chi connectivity index (χ1) is 6.20. The van der Waals surface area contributed by atoms with Crippen LogP contribution in [0, 0.1) is 5.92 Å². The Kier molecular flexibility index (Phi) is 8.40. The van der Waals surface area contributed by atoms with Gasteiger partial charge in [0, 0.05) is 32.8 Å². The lowest BCUT2D eigenvalue weighted by Crippen LogP contribution is -2.35. The number of rotatable bonds is 8. The van der Waals surface area contributed by atoms with Gasteiger partial charge in [-0.3, -0.25) is 4.90 Å². The van der Waals surface area contributed by atoms with Gasteiger partial charge in [-0.25, -0.2) is 0 Å². The van der Waals surface area contributed by atoms with E-state index in [0.717, 1.165) is 39.4 Å². The highest BCUT2D eigenvalue weighted by Crippen LogP contribution is 1.97. The molecule has 3 heteroatoms. The van der Waals surface area contributed by atoms with Crippen LogP contribution in [0.5, 0.6) is 0 Å². The van der Waals surface area contributed by atoms with E-state index in [0.29, 0.717) is 5.92 Å². The second kappa shape index (κ2) is 8.48. The molecule has 0 rings (SSSR count). The number of hydrogen-bond donors (Lipinski definition) is 1. The van der Waals surface area contributed by atoms with Crippen LogP contribution in [0.1, 0.15) is 20.8 Å². The molecule has 2 N–H and O–H groups in total.